The Kier molecular flexibility index (Phi) is 5.15. The van der Waals surface area contributed by atoms with Crippen LogP contribution in [0.2, 0.25) is 0 Å². The molecule has 17 heavy (non-hydrogen) atoms. The number of aryl methyl sites for hydroxylation is 1. The molecule has 1 aromatic carbocycles. The van der Waals surface area contributed by atoms with Gasteiger partial charge in [0, 0.05) is 11.8 Å². The summed E-state index contributed by atoms with van der Waals surface area (Å²) in [6.07, 6.45) is 1.89. The number of carbonyl (C=O) groups is 1. The number of thioether (sulfide) groups is 1. The Hall–Kier alpha value is -1.36. The van der Waals surface area contributed by atoms with E-state index in [0.717, 1.165) is 11.3 Å². The second kappa shape index (κ2) is 6.39. The van der Waals surface area contributed by atoms with Crippen LogP contribution in [-0.2, 0) is 4.79 Å². The van der Waals surface area contributed by atoms with Crippen molar-refractivity contribution in [1.29, 1.82) is 0 Å². The summed E-state index contributed by atoms with van der Waals surface area (Å²) in [6.45, 7) is 1.91. The van der Waals surface area contributed by atoms with E-state index < -0.39 is 0 Å². The molecule has 0 unspecified atom stereocenters. The maximum Gasteiger partial charge on any atom is 0.234 e. The van der Waals surface area contributed by atoms with Gasteiger partial charge in [-0.05, 0) is 24.8 Å². The molecular weight excluding hydrogens is 238 g/mol. The molecule has 0 aliphatic rings. The van der Waals surface area contributed by atoms with Crippen LogP contribution in [0.3, 0.4) is 0 Å². The van der Waals surface area contributed by atoms with Crippen molar-refractivity contribution in [1.82, 2.24) is 0 Å². The molecule has 0 bridgehead atoms. The van der Waals surface area contributed by atoms with Crippen molar-refractivity contribution in [2.45, 2.75) is 6.92 Å². The zero-order chi connectivity index (χ0) is 12.8. The summed E-state index contributed by atoms with van der Waals surface area (Å²) in [7, 11) is 3.16. The van der Waals surface area contributed by atoms with Gasteiger partial charge in [-0.15, -0.1) is 0 Å². The Morgan fingerprint density at radius 2 is 1.88 bits per heavy atom. The molecule has 0 aromatic heterocycles. The molecule has 5 heteroatoms. The van der Waals surface area contributed by atoms with Crippen LogP contribution >= 0.6 is 11.8 Å². The lowest BCUT2D eigenvalue weighted by Crippen LogP contribution is -2.14. The average molecular weight is 255 g/mol. The molecule has 1 N–H and O–H groups in total. The molecule has 4 nitrogen and oxygen atoms in total. The molecule has 94 valence electrons. The van der Waals surface area contributed by atoms with Gasteiger partial charge in [0.2, 0.25) is 5.91 Å². The van der Waals surface area contributed by atoms with Crippen molar-refractivity contribution in [2.24, 2.45) is 0 Å². The Bertz CT molecular complexity index is 407. The van der Waals surface area contributed by atoms with Gasteiger partial charge in [-0.1, -0.05) is 0 Å². The minimum Gasteiger partial charge on any atom is -0.493 e. The second-order valence-electron chi connectivity index (χ2n) is 3.50. The van der Waals surface area contributed by atoms with E-state index in [1.165, 1.54) is 11.8 Å². The smallest absolute Gasteiger partial charge is 0.234 e. The van der Waals surface area contributed by atoms with Crippen LogP contribution in [0.25, 0.3) is 0 Å². The van der Waals surface area contributed by atoms with Crippen molar-refractivity contribution in [3.63, 3.8) is 0 Å². The van der Waals surface area contributed by atoms with E-state index >= 15 is 0 Å². The van der Waals surface area contributed by atoms with Gasteiger partial charge in [0.25, 0.3) is 0 Å². The molecule has 0 saturated carbocycles. The average Bonchev–Trinajstić information content (AvgIpc) is 2.31. The first kappa shape index (κ1) is 13.7. The van der Waals surface area contributed by atoms with Crippen molar-refractivity contribution >= 4 is 23.4 Å². The van der Waals surface area contributed by atoms with Crippen molar-refractivity contribution in [3.8, 4) is 11.5 Å². The zero-order valence-electron chi connectivity index (χ0n) is 10.5. The van der Waals surface area contributed by atoms with Crippen LogP contribution in [0.4, 0.5) is 5.69 Å². The molecule has 0 saturated heterocycles. The Labute approximate surface area is 106 Å². The number of amides is 1. The number of rotatable bonds is 5. The van der Waals surface area contributed by atoms with Crippen LogP contribution in [0.1, 0.15) is 5.56 Å². The summed E-state index contributed by atoms with van der Waals surface area (Å²) >= 11 is 1.48. The van der Waals surface area contributed by atoms with Crippen LogP contribution < -0.4 is 14.8 Å². The van der Waals surface area contributed by atoms with Gasteiger partial charge in [-0.25, -0.2) is 0 Å². The summed E-state index contributed by atoms with van der Waals surface area (Å²) in [6, 6.07) is 3.61. The third-order valence-corrected chi connectivity index (χ3v) is 2.83. The number of carbonyl (C=O) groups excluding carboxylic acids is 1. The molecule has 0 heterocycles. The quantitative estimate of drug-likeness (QED) is 0.877. The molecule has 0 aliphatic heterocycles. The minimum absolute atomic E-state index is 0.0205. The van der Waals surface area contributed by atoms with E-state index in [-0.39, 0.29) is 5.91 Å². The summed E-state index contributed by atoms with van der Waals surface area (Å²) in [5.41, 5.74) is 1.69. The van der Waals surface area contributed by atoms with Gasteiger partial charge in [-0.3, -0.25) is 4.79 Å². The van der Waals surface area contributed by atoms with E-state index in [1.54, 1.807) is 20.3 Å². The predicted molar refractivity (Wildman–Crippen MR) is 71.3 cm³/mol. The highest BCUT2D eigenvalue weighted by Crippen LogP contribution is 2.32. The number of benzene rings is 1. The fourth-order valence-electron chi connectivity index (χ4n) is 1.43. The van der Waals surface area contributed by atoms with E-state index in [2.05, 4.69) is 5.32 Å². The van der Waals surface area contributed by atoms with Crippen molar-refractivity contribution < 1.29 is 14.3 Å². The first-order valence-electron chi connectivity index (χ1n) is 5.13. The van der Waals surface area contributed by atoms with E-state index in [4.69, 9.17) is 9.47 Å². The molecule has 0 spiro atoms. The summed E-state index contributed by atoms with van der Waals surface area (Å²) in [5, 5.41) is 2.84. The Morgan fingerprint density at radius 1 is 1.29 bits per heavy atom. The molecule has 0 atom stereocenters. The third kappa shape index (κ3) is 3.56. The Morgan fingerprint density at radius 3 is 2.41 bits per heavy atom. The SMILES string of the molecule is COc1cc(C)c(NC(=O)CSC)cc1OC. The summed E-state index contributed by atoms with van der Waals surface area (Å²) < 4.78 is 10.4. The monoisotopic (exact) mass is 255 g/mol. The largest absolute Gasteiger partial charge is 0.493 e. The summed E-state index contributed by atoms with van der Waals surface area (Å²) in [5.74, 6) is 1.69. The van der Waals surface area contributed by atoms with Gasteiger partial charge < -0.3 is 14.8 Å². The van der Waals surface area contributed by atoms with Crippen LogP contribution in [0.5, 0.6) is 11.5 Å². The van der Waals surface area contributed by atoms with Gasteiger partial charge in [-0.2, -0.15) is 11.8 Å². The maximum absolute atomic E-state index is 11.5. The highest BCUT2D eigenvalue weighted by Gasteiger charge is 2.10. The lowest BCUT2D eigenvalue weighted by atomic mass is 10.1. The highest BCUT2D eigenvalue weighted by molar-refractivity contribution is 7.99. The number of anilines is 1. The van der Waals surface area contributed by atoms with E-state index in [9.17, 15) is 4.79 Å². The molecule has 1 amide bonds. The molecule has 1 aromatic rings. The number of methoxy groups -OCH3 is 2. The predicted octanol–water partition coefficient (Wildman–Crippen LogP) is 2.31. The van der Waals surface area contributed by atoms with Crippen molar-refractivity contribution in [2.75, 3.05) is 31.5 Å². The topological polar surface area (TPSA) is 47.6 Å². The normalized spacial score (nSPS) is 9.88. The first-order valence-corrected chi connectivity index (χ1v) is 6.53. The van der Waals surface area contributed by atoms with Gasteiger partial charge >= 0.3 is 0 Å². The molecular formula is C12H17NO3S. The van der Waals surface area contributed by atoms with Gasteiger partial charge in [0.05, 0.1) is 20.0 Å². The third-order valence-electron chi connectivity index (χ3n) is 2.28. The fraction of sp³-hybridized carbons (Fsp3) is 0.417. The first-order chi connectivity index (χ1) is 8.12. The number of hydrogen-bond donors (Lipinski definition) is 1. The van der Waals surface area contributed by atoms with Crippen molar-refractivity contribution in [3.05, 3.63) is 17.7 Å². The maximum atomic E-state index is 11.5. The standard InChI is InChI=1S/C12H17NO3S/c1-8-5-10(15-2)11(16-3)6-9(8)13-12(14)7-17-4/h5-6H,7H2,1-4H3,(H,13,14). The molecule has 0 fully saturated rings. The lowest BCUT2D eigenvalue weighted by Gasteiger charge is -2.13. The van der Waals surface area contributed by atoms with Crippen LogP contribution in [0.15, 0.2) is 12.1 Å². The molecule has 1 rings (SSSR count). The zero-order valence-corrected chi connectivity index (χ0v) is 11.3. The molecule has 0 radical (unpaired) electrons. The second-order valence-corrected chi connectivity index (χ2v) is 4.37. The molecule has 0 aliphatic carbocycles. The Balaban J connectivity index is 2.96. The van der Waals surface area contributed by atoms with E-state index in [0.29, 0.717) is 17.3 Å². The number of ether oxygens (including phenoxy) is 2. The number of hydrogen-bond acceptors (Lipinski definition) is 4. The summed E-state index contributed by atoms with van der Waals surface area (Å²) in [4.78, 5) is 11.5. The lowest BCUT2D eigenvalue weighted by molar-refractivity contribution is -0.113. The minimum atomic E-state index is -0.0205. The highest BCUT2D eigenvalue weighted by atomic mass is 32.2. The van der Waals surface area contributed by atoms with Gasteiger partial charge in [0.15, 0.2) is 11.5 Å². The van der Waals surface area contributed by atoms with E-state index in [1.807, 2.05) is 19.2 Å². The van der Waals surface area contributed by atoms with Crippen LogP contribution in [-0.4, -0.2) is 32.1 Å². The fourth-order valence-corrected chi connectivity index (χ4v) is 1.77. The van der Waals surface area contributed by atoms with Crippen LogP contribution in [0, 0.1) is 6.92 Å². The number of nitrogens with one attached hydrogen (secondary N) is 1. The van der Waals surface area contributed by atoms with Gasteiger partial charge in [0.1, 0.15) is 0 Å².